The second-order valence-electron chi connectivity index (χ2n) is 5.60. The lowest BCUT2D eigenvalue weighted by molar-refractivity contribution is 0.373. The van der Waals surface area contributed by atoms with Crippen LogP contribution in [-0.4, -0.2) is 26.8 Å². The molecule has 6 nitrogen and oxygen atoms in total. The van der Waals surface area contributed by atoms with Crippen LogP contribution in [0.3, 0.4) is 0 Å². The molecule has 134 valence electrons. The molecule has 2 N–H and O–H groups in total. The van der Waals surface area contributed by atoms with Crippen LogP contribution in [-0.2, 0) is 10.0 Å². The van der Waals surface area contributed by atoms with E-state index in [2.05, 4.69) is 9.93 Å². The number of hydrogen-bond acceptors (Lipinski definition) is 5. The average molecular weight is 383 g/mol. The molecular formula is C17H19ClN2O4S. The second kappa shape index (κ2) is 7.33. The number of phenols is 1. The van der Waals surface area contributed by atoms with E-state index in [1.807, 2.05) is 6.92 Å². The van der Waals surface area contributed by atoms with E-state index in [1.165, 1.54) is 19.4 Å². The van der Waals surface area contributed by atoms with Gasteiger partial charge in [-0.05, 0) is 44.0 Å². The van der Waals surface area contributed by atoms with E-state index in [-0.39, 0.29) is 21.4 Å². The first-order valence-corrected chi connectivity index (χ1v) is 9.21. The number of hydrazone groups is 1. The Labute approximate surface area is 152 Å². The zero-order valence-electron chi connectivity index (χ0n) is 14.3. The molecule has 0 unspecified atom stereocenters. The Morgan fingerprint density at radius 3 is 2.36 bits per heavy atom. The SMILES string of the molecule is COc1ccc(/C=N/NS(=O)(=O)c2c(C)cc(C)cc2C)c(Cl)c1O. The Morgan fingerprint density at radius 1 is 1.20 bits per heavy atom. The molecule has 0 aliphatic carbocycles. The highest BCUT2D eigenvalue weighted by Crippen LogP contribution is 2.35. The van der Waals surface area contributed by atoms with Crippen LogP contribution in [0, 0.1) is 20.8 Å². The minimum absolute atomic E-state index is 0.0185. The fourth-order valence-electron chi connectivity index (χ4n) is 2.63. The summed E-state index contributed by atoms with van der Waals surface area (Å²) in [7, 11) is -2.42. The predicted molar refractivity (Wildman–Crippen MR) is 98.2 cm³/mol. The third-order valence-electron chi connectivity index (χ3n) is 3.58. The van der Waals surface area contributed by atoms with Crippen LogP contribution in [0.5, 0.6) is 11.5 Å². The third kappa shape index (κ3) is 4.05. The van der Waals surface area contributed by atoms with Gasteiger partial charge >= 0.3 is 0 Å². The number of methoxy groups -OCH3 is 1. The number of sulfonamides is 1. The maximum absolute atomic E-state index is 12.5. The molecule has 0 saturated heterocycles. The van der Waals surface area contributed by atoms with Crippen molar-refractivity contribution >= 4 is 27.8 Å². The monoisotopic (exact) mass is 382 g/mol. The van der Waals surface area contributed by atoms with Gasteiger partial charge in [0.05, 0.1) is 23.2 Å². The zero-order valence-corrected chi connectivity index (χ0v) is 15.9. The summed E-state index contributed by atoms with van der Waals surface area (Å²) in [5.74, 6) is -0.0187. The number of nitrogens with one attached hydrogen (secondary N) is 1. The van der Waals surface area contributed by atoms with Gasteiger partial charge in [-0.2, -0.15) is 13.5 Å². The van der Waals surface area contributed by atoms with E-state index in [9.17, 15) is 13.5 Å². The first-order chi connectivity index (χ1) is 11.7. The first-order valence-electron chi connectivity index (χ1n) is 7.35. The van der Waals surface area contributed by atoms with Crippen LogP contribution in [0.1, 0.15) is 22.3 Å². The highest BCUT2D eigenvalue weighted by atomic mass is 35.5. The second-order valence-corrected chi connectivity index (χ2v) is 7.58. The number of benzene rings is 2. The lowest BCUT2D eigenvalue weighted by atomic mass is 10.1. The summed E-state index contributed by atoms with van der Waals surface area (Å²) in [5.41, 5.74) is 2.61. The Morgan fingerprint density at radius 2 is 1.80 bits per heavy atom. The fourth-order valence-corrected chi connectivity index (χ4v) is 4.08. The summed E-state index contributed by atoms with van der Waals surface area (Å²) in [6.07, 6.45) is 1.22. The molecule has 0 radical (unpaired) electrons. The van der Waals surface area contributed by atoms with E-state index in [1.54, 1.807) is 32.0 Å². The Hall–Kier alpha value is -2.25. The van der Waals surface area contributed by atoms with Crippen molar-refractivity contribution in [2.75, 3.05) is 7.11 Å². The Bertz CT molecular complexity index is 917. The number of aromatic hydroxyl groups is 1. The molecule has 25 heavy (non-hydrogen) atoms. The summed E-state index contributed by atoms with van der Waals surface area (Å²) in [4.78, 5) is 2.36. The van der Waals surface area contributed by atoms with Crippen molar-refractivity contribution in [1.29, 1.82) is 0 Å². The smallest absolute Gasteiger partial charge is 0.277 e. The lowest BCUT2D eigenvalue weighted by Gasteiger charge is -2.11. The Kier molecular flexibility index (Phi) is 5.59. The first kappa shape index (κ1) is 19.1. The van der Waals surface area contributed by atoms with Crippen molar-refractivity contribution in [3.8, 4) is 11.5 Å². The molecule has 0 aliphatic heterocycles. The summed E-state index contributed by atoms with van der Waals surface area (Å²) in [5, 5.41) is 13.6. The van der Waals surface area contributed by atoms with Crippen molar-refractivity contribution in [2.24, 2.45) is 5.10 Å². The van der Waals surface area contributed by atoms with E-state index >= 15 is 0 Å². The number of phenolic OH excluding ortho intramolecular Hbond substituents is 1. The van der Waals surface area contributed by atoms with Gasteiger partial charge in [-0.1, -0.05) is 29.3 Å². The van der Waals surface area contributed by atoms with Crippen LogP contribution < -0.4 is 9.57 Å². The number of ether oxygens (including phenoxy) is 1. The molecule has 0 spiro atoms. The van der Waals surface area contributed by atoms with E-state index in [4.69, 9.17) is 16.3 Å². The number of halogens is 1. The topological polar surface area (TPSA) is 88.0 Å². The molecule has 0 bridgehead atoms. The predicted octanol–water partition coefficient (Wildman–Crippen LogP) is 3.29. The molecular weight excluding hydrogens is 364 g/mol. The molecule has 0 aromatic heterocycles. The van der Waals surface area contributed by atoms with E-state index in [0.29, 0.717) is 16.7 Å². The zero-order chi connectivity index (χ0) is 18.8. The number of nitrogens with zero attached hydrogens (tertiary/aromatic N) is 1. The summed E-state index contributed by atoms with van der Waals surface area (Å²) in [6, 6.07) is 6.65. The molecule has 0 aliphatic rings. The van der Waals surface area contributed by atoms with Crippen molar-refractivity contribution in [3.05, 3.63) is 51.5 Å². The molecule has 2 aromatic carbocycles. The van der Waals surface area contributed by atoms with Gasteiger partial charge in [0.15, 0.2) is 11.5 Å². The minimum atomic E-state index is -3.82. The normalized spacial score (nSPS) is 11.7. The van der Waals surface area contributed by atoms with Crippen molar-refractivity contribution < 1.29 is 18.3 Å². The highest BCUT2D eigenvalue weighted by Gasteiger charge is 2.19. The van der Waals surface area contributed by atoms with Gasteiger partial charge in [-0.25, -0.2) is 4.83 Å². The quantitative estimate of drug-likeness (QED) is 0.613. The van der Waals surface area contributed by atoms with E-state index < -0.39 is 10.0 Å². The molecule has 2 rings (SSSR count). The van der Waals surface area contributed by atoms with Crippen LogP contribution >= 0.6 is 11.6 Å². The molecule has 0 amide bonds. The maximum Gasteiger partial charge on any atom is 0.277 e. The standard InChI is InChI=1S/C17H19ClN2O4S/c1-10-7-11(2)17(12(3)8-10)25(22,23)20-19-9-13-5-6-14(24-4)16(21)15(13)18/h5-9,20-21H,1-4H3/b19-9+. The Balaban J connectivity index is 2.29. The van der Waals surface area contributed by atoms with Crippen LogP contribution in [0.15, 0.2) is 34.3 Å². The minimum Gasteiger partial charge on any atom is -0.503 e. The van der Waals surface area contributed by atoms with Crippen molar-refractivity contribution in [3.63, 3.8) is 0 Å². The highest BCUT2D eigenvalue weighted by molar-refractivity contribution is 7.89. The van der Waals surface area contributed by atoms with Gasteiger partial charge in [0.2, 0.25) is 0 Å². The van der Waals surface area contributed by atoms with Crippen LogP contribution in [0.2, 0.25) is 5.02 Å². The largest absolute Gasteiger partial charge is 0.503 e. The molecule has 0 atom stereocenters. The number of aryl methyl sites for hydroxylation is 3. The van der Waals surface area contributed by atoms with Crippen LogP contribution in [0.4, 0.5) is 0 Å². The number of rotatable bonds is 5. The van der Waals surface area contributed by atoms with Crippen LogP contribution in [0.25, 0.3) is 0 Å². The van der Waals surface area contributed by atoms with Gasteiger partial charge in [0.1, 0.15) is 0 Å². The summed E-state index contributed by atoms with van der Waals surface area (Å²) < 4.78 is 29.9. The van der Waals surface area contributed by atoms with Gasteiger partial charge in [-0.3, -0.25) is 0 Å². The molecule has 0 fully saturated rings. The van der Waals surface area contributed by atoms with Crippen molar-refractivity contribution in [2.45, 2.75) is 25.7 Å². The lowest BCUT2D eigenvalue weighted by Crippen LogP contribution is -2.20. The summed E-state index contributed by atoms with van der Waals surface area (Å²) >= 11 is 6.01. The maximum atomic E-state index is 12.5. The molecule has 2 aromatic rings. The van der Waals surface area contributed by atoms with Gasteiger partial charge in [-0.15, -0.1) is 0 Å². The molecule has 8 heteroatoms. The van der Waals surface area contributed by atoms with Gasteiger partial charge in [0, 0.05) is 5.56 Å². The van der Waals surface area contributed by atoms with E-state index in [0.717, 1.165) is 5.56 Å². The number of hydrogen-bond donors (Lipinski definition) is 2. The molecule has 0 saturated carbocycles. The third-order valence-corrected chi connectivity index (χ3v) is 5.50. The van der Waals surface area contributed by atoms with Crippen molar-refractivity contribution in [1.82, 2.24) is 4.83 Å². The van der Waals surface area contributed by atoms with Gasteiger partial charge < -0.3 is 9.84 Å². The van der Waals surface area contributed by atoms with Gasteiger partial charge in [0.25, 0.3) is 10.0 Å². The fraction of sp³-hybridized carbons (Fsp3) is 0.235. The average Bonchev–Trinajstić information content (AvgIpc) is 2.50. The molecule has 0 heterocycles. The summed E-state index contributed by atoms with van der Waals surface area (Å²) in [6.45, 7) is 5.37.